The van der Waals surface area contributed by atoms with Crippen LogP contribution in [0.2, 0.25) is 0 Å². The van der Waals surface area contributed by atoms with Gasteiger partial charge in [-0.05, 0) is 26.0 Å². The number of ether oxygens (including phenoxy) is 1. The fraction of sp³-hybridized carbons (Fsp3) is 0.333. The predicted octanol–water partition coefficient (Wildman–Crippen LogP) is 2.71. The van der Waals surface area contributed by atoms with E-state index in [0.717, 1.165) is 29.8 Å². The van der Waals surface area contributed by atoms with Crippen LogP contribution < -0.4 is 15.4 Å². The average molecular weight is 272 g/mol. The Kier molecular flexibility index (Phi) is 5.17. The number of para-hydroxylation sites is 1. The molecular weight excluding hydrogens is 252 g/mol. The van der Waals surface area contributed by atoms with E-state index >= 15 is 0 Å². The third-order valence-corrected chi connectivity index (χ3v) is 2.62. The largest absolute Gasteiger partial charge is 0.492 e. The number of hydrogen-bond donors (Lipinski definition) is 2. The van der Waals surface area contributed by atoms with Crippen molar-refractivity contribution in [3.05, 3.63) is 42.2 Å². The molecule has 0 aliphatic carbocycles. The summed E-state index contributed by atoms with van der Waals surface area (Å²) < 4.78 is 5.61. The molecule has 20 heavy (non-hydrogen) atoms. The maximum atomic E-state index is 5.61. The molecule has 1 aromatic carbocycles. The average Bonchev–Trinajstić information content (AvgIpc) is 2.45. The van der Waals surface area contributed by atoms with Crippen LogP contribution in [0.15, 0.2) is 36.4 Å². The minimum Gasteiger partial charge on any atom is -0.492 e. The molecule has 0 atom stereocenters. The van der Waals surface area contributed by atoms with E-state index in [0.29, 0.717) is 13.2 Å². The van der Waals surface area contributed by atoms with Gasteiger partial charge in [0.15, 0.2) is 0 Å². The molecule has 0 radical (unpaired) electrons. The van der Waals surface area contributed by atoms with E-state index in [4.69, 9.17) is 4.74 Å². The Morgan fingerprint density at radius 3 is 2.45 bits per heavy atom. The van der Waals surface area contributed by atoms with Gasteiger partial charge in [0.1, 0.15) is 29.8 Å². The van der Waals surface area contributed by atoms with Crippen LogP contribution in [0.4, 0.5) is 11.6 Å². The number of nitrogens with one attached hydrogen (secondary N) is 2. The van der Waals surface area contributed by atoms with Gasteiger partial charge in [0, 0.05) is 12.6 Å². The summed E-state index contributed by atoms with van der Waals surface area (Å²) in [4.78, 5) is 8.65. The zero-order chi connectivity index (χ0) is 14.2. The molecule has 0 saturated heterocycles. The van der Waals surface area contributed by atoms with E-state index in [1.54, 1.807) is 0 Å². The topological polar surface area (TPSA) is 59.1 Å². The monoisotopic (exact) mass is 272 g/mol. The molecule has 1 aromatic heterocycles. The second-order valence-electron chi connectivity index (χ2n) is 4.30. The first kappa shape index (κ1) is 14.1. The Bertz CT molecular complexity index is 531. The van der Waals surface area contributed by atoms with Gasteiger partial charge in [-0.2, -0.15) is 0 Å². The smallest absolute Gasteiger partial charge is 0.131 e. The van der Waals surface area contributed by atoms with Crippen LogP contribution in [-0.4, -0.2) is 29.7 Å². The zero-order valence-electron chi connectivity index (χ0n) is 11.9. The third-order valence-electron chi connectivity index (χ3n) is 2.62. The second-order valence-corrected chi connectivity index (χ2v) is 4.30. The molecule has 0 saturated carbocycles. The minimum atomic E-state index is 0.587. The summed E-state index contributed by atoms with van der Waals surface area (Å²) in [6, 6.07) is 11.7. The minimum absolute atomic E-state index is 0.587. The molecule has 1 heterocycles. The molecule has 0 bridgehead atoms. The number of aryl methyl sites for hydroxylation is 1. The van der Waals surface area contributed by atoms with Crippen molar-refractivity contribution in [2.45, 2.75) is 13.8 Å². The summed E-state index contributed by atoms with van der Waals surface area (Å²) in [6.07, 6.45) is 0. The van der Waals surface area contributed by atoms with Gasteiger partial charge in [-0.1, -0.05) is 18.2 Å². The molecule has 0 aliphatic heterocycles. The molecule has 106 valence electrons. The lowest BCUT2D eigenvalue weighted by Crippen LogP contribution is -2.13. The van der Waals surface area contributed by atoms with Crippen LogP contribution >= 0.6 is 0 Å². The van der Waals surface area contributed by atoms with Crippen molar-refractivity contribution in [2.75, 3.05) is 30.3 Å². The number of rotatable bonds is 7. The van der Waals surface area contributed by atoms with Gasteiger partial charge in [0.05, 0.1) is 6.54 Å². The summed E-state index contributed by atoms with van der Waals surface area (Å²) >= 11 is 0. The van der Waals surface area contributed by atoms with Crippen molar-refractivity contribution < 1.29 is 4.74 Å². The molecule has 0 amide bonds. The fourth-order valence-electron chi connectivity index (χ4n) is 1.79. The van der Waals surface area contributed by atoms with E-state index in [2.05, 4.69) is 20.6 Å². The van der Waals surface area contributed by atoms with E-state index < -0.39 is 0 Å². The number of anilines is 2. The molecule has 0 unspecified atom stereocenters. The van der Waals surface area contributed by atoms with E-state index in [1.165, 1.54) is 0 Å². The molecular formula is C15H20N4O. The summed E-state index contributed by atoms with van der Waals surface area (Å²) in [6.45, 7) is 6.04. The van der Waals surface area contributed by atoms with Crippen LogP contribution in [0, 0.1) is 6.92 Å². The number of hydrogen-bond acceptors (Lipinski definition) is 5. The summed E-state index contributed by atoms with van der Waals surface area (Å²) in [5.74, 6) is 3.27. The lowest BCUT2D eigenvalue weighted by molar-refractivity contribution is 0.333. The fourth-order valence-corrected chi connectivity index (χ4v) is 1.79. The lowest BCUT2D eigenvalue weighted by atomic mass is 10.3. The Labute approximate surface area is 119 Å². The van der Waals surface area contributed by atoms with Gasteiger partial charge in [-0.3, -0.25) is 0 Å². The van der Waals surface area contributed by atoms with E-state index in [1.807, 2.05) is 50.2 Å². The van der Waals surface area contributed by atoms with Crippen LogP contribution in [0.25, 0.3) is 0 Å². The summed E-state index contributed by atoms with van der Waals surface area (Å²) in [7, 11) is 0. The maximum Gasteiger partial charge on any atom is 0.131 e. The highest BCUT2D eigenvalue weighted by Crippen LogP contribution is 2.11. The number of nitrogens with zero attached hydrogens (tertiary/aromatic N) is 2. The van der Waals surface area contributed by atoms with Gasteiger partial charge >= 0.3 is 0 Å². The van der Waals surface area contributed by atoms with Gasteiger partial charge in [-0.15, -0.1) is 0 Å². The summed E-state index contributed by atoms with van der Waals surface area (Å²) in [5, 5.41) is 6.42. The SMILES string of the molecule is CCNc1cc(NCCOc2ccccc2)nc(C)n1. The first-order chi connectivity index (χ1) is 9.78. The molecule has 0 aliphatic rings. The Morgan fingerprint density at radius 2 is 1.75 bits per heavy atom. The molecule has 2 rings (SSSR count). The Hall–Kier alpha value is -2.30. The highest BCUT2D eigenvalue weighted by Gasteiger charge is 2.00. The van der Waals surface area contributed by atoms with Gasteiger partial charge in [-0.25, -0.2) is 9.97 Å². The molecule has 5 nitrogen and oxygen atoms in total. The van der Waals surface area contributed by atoms with Crippen molar-refractivity contribution in [1.29, 1.82) is 0 Å². The highest BCUT2D eigenvalue weighted by atomic mass is 16.5. The number of benzene rings is 1. The Balaban J connectivity index is 1.81. The van der Waals surface area contributed by atoms with Crippen molar-refractivity contribution in [3.63, 3.8) is 0 Å². The molecule has 0 fully saturated rings. The standard InChI is InChI=1S/C15H20N4O/c1-3-16-14-11-15(19-12(2)18-14)17-9-10-20-13-7-5-4-6-8-13/h4-8,11H,3,9-10H2,1-2H3,(H2,16,17,18,19). The van der Waals surface area contributed by atoms with Gasteiger partial charge in [0.25, 0.3) is 0 Å². The van der Waals surface area contributed by atoms with Crippen molar-refractivity contribution in [3.8, 4) is 5.75 Å². The zero-order valence-corrected chi connectivity index (χ0v) is 11.9. The predicted molar refractivity (Wildman–Crippen MR) is 81.4 cm³/mol. The second kappa shape index (κ2) is 7.33. The Morgan fingerprint density at radius 1 is 1.05 bits per heavy atom. The first-order valence-corrected chi connectivity index (χ1v) is 6.79. The van der Waals surface area contributed by atoms with Crippen LogP contribution in [0.3, 0.4) is 0 Å². The van der Waals surface area contributed by atoms with E-state index in [-0.39, 0.29) is 0 Å². The lowest BCUT2D eigenvalue weighted by Gasteiger charge is -2.10. The van der Waals surface area contributed by atoms with Crippen LogP contribution in [0.5, 0.6) is 5.75 Å². The first-order valence-electron chi connectivity index (χ1n) is 6.79. The van der Waals surface area contributed by atoms with Gasteiger partial charge in [0.2, 0.25) is 0 Å². The molecule has 2 N–H and O–H groups in total. The van der Waals surface area contributed by atoms with Crippen molar-refractivity contribution >= 4 is 11.6 Å². The molecule has 2 aromatic rings. The van der Waals surface area contributed by atoms with Gasteiger partial charge < -0.3 is 15.4 Å². The highest BCUT2D eigenvalue weighted by molar-refractivity contribution is 5.47. The molecule has 5 heteroatoms. The van der Waals surface area contributed by atoms with Crippen LogP contribution in [0.1, 0.15) is 12.7 Å². The quantitative estimate of drug-likeness (QED) is 0.759. The third kappa shape index (κ3) is 4.42. The number of aromatic nitrogens is 2. The normalized spacial score (nSPS) is 10.1. The van der Waals surface area contributed by atoms with E-state index in [9.17, 15) is 0 Å². The van der Waals surface area contributed by atoms with Crippen LogP contribution in [-0.2, 0) is 0 Å². The maximum absolute atomic E-state index is 5.61. The summed E-state index contributed by atoms with van der Waals surface area (Å²) in [5.41, 5.74) is 0. The molecule has 0 spiro atoms. The van der Waals surface area contributed by atoms with Crippen molar-refractivity contribution in [1.82, 2.24) is 9.97 Å². The van der Waals surface area contributed by atoms with Crippen molar-refractivity contribution in [2.24, 2.45) is 0 Å².